The van der Waals surface area contributed by atoms with Crippen molar-refractivity contribution >= 4 is 36.1 Å². The summed E-state index contributed by atoms with van der Waals surface area (Å²) in [5.41, 5.74) is 5.32. The molecule has 15 heteroatoms. The number of amides is 3. The van der Waals surface area contributed by atoms with E-state index in [0.29, 0.717) is 117 Å². The van der Waals surface area contributed by atoms with Gasteiger partial charge in [-0.15, -0.1) is 12.4 Å². The van der Waals surface area contributed by atoms with Crippen LogP contribution < -0.4 is 21.7 Å². The number of nitrogens with one attached hydrogen (secondary N) is 3. The molecule has 41 heavy (non-hydrogen) atoms. The van der Waals surface area contributed by atoms with Crippen molar-refractivity contribution in [2.24, 2.45) is 5.73 Å². The molecule has 3 atom stereocenters. The molecule has 0 aromatic carbocycles. The van der Waals surface area contributed by atoms with E-state index in [4.69, 9.17) is 38.9 Å². The second-order valence-electron chi connectivity index (χ2n) is 9.29. The fraction of sp³-hybridized carbons (Fsp3) is 0.923. The number of unbranched alkanes of at least 4 members (excludes halogenated alkanes) is 1. The highest BCUT2D eigenvalue weighted by atomic mass is 35.5. The van der Waals surface area contributed by atoms with Crippen LogP contribution in [0.2, 0.25) is 0 Å². The van der Waals surface area contributed by atoms with Crippen LogP contribution in [0.1, 0.15) is 25.7 Å². The maximum absolute atomic E-state index is 12.0. The number of carbonyl (C=O) groups is 2. The van der Waals surface area contributed by atoms with Crippen LogP contribution in [0.5, 0.6) is 0 Å². The van der Waals surface area contributed by atoms with Gasteiger partial charge in [0.05, 0.1) is 105 Å². The minimum atomic E-state index is -0.0573. The van der Waals surface area contributed by atoms with Gasteiger partial charge in [0, 0.05) is 30.5 Å². The molecule has 2 aliphatic heterocycles. The lowest BCUT2D eigenvalue weighted by atomic mass is 10.0. The highest BCUT2D eigenvalue weighted by Crippen LogP contribution is 2.33. The number of nitrogens with two attached hydrogens (primary N) is 1. The summed E-state index contributed by atoms with van der Waals surface area (Å²) in [5, 5.41) is 9.28. The van der Waals surface area contributed by atoms with E-state index in [-0.39, 0.29) is 36.4 Å². The van der Waals surface area contributed by atoms with Gasteiger partial charge >= 0.3 is 6.03 Å². The van der Waals surface area contributed by atoms with Crippen LogP contribution in [0.3, 0.4) is 0 Å². The fourth-order valence-corrected chi connectivity index (χ4v) is 5.67. The van der Waals surface area contributed by atoms with Gasteiger partial charge in [-0.3, -0.25) is 4.79 Å². The Kier molecular flexibility index (Phi) is 24.8. The molecular weight excluding hydrogens is 580 g/mol. The summed E-state index contributed by atoms with van der Waals surface area (Å²) in [7, 11) is 0. The molecule has 0 radical (unpaired) electrons. The predicted octanol–water partition coefficient (Wildman–Crippen LogP) is 0.325. The van der Waals surface area contributed by atoms with Crippen molar-refractivity contribution in [2.75, 3.05) is 111 Å². The van der Waals surface area contributed by atoms with Gasteiger partial charge in [-0.25, -0.2) is 4.79 Å². The summed E-state index contributed by atoms with van der Waals surface area (Å²) in [4.78, 5) is 23.4. The van der Waals surface area contributed by atoms with Crippen molar-refractivity contribution < 1.29 is 42.7 Å². The van der Waals surface area contributed by atoms with E-state index in [0.717, 1.165) is 25.0 Å². The number of hydrogen-bond donors (Lipinski definition) is 4. The molecule has 0 saturated carbocycles. The van der Waals surface area contributed by atoms with Gasteiger partial charge in [-0.2, -0.15) is 11.8 Å². The van der Waals surface area contributed by atoms with Crippen molar-refractivity contribution in [2.45, 2.75) is 43.0 Å². The molecule has 0 aliphatic carbocycles. The zero-order valence-electron chi connectivity index (χ0n) is 24.1. The summed E-state index contributed by atoms with van der Waals surface area (Å²) in [6.07, 6.45) is 3.36. The van der Waals surface area contributed by atoms with E-state index in [1.165, 1.54) is 0 Å². The normalized spacial score (nSPS) is 19.4. The molecule has 0 spiro atoms. The highest BCUT2D eigenvalue weighted by molar-refractivity contribution is 8.00. The number of rotatable bonds is 28. The second kappa shape index (κ2) is 26.7. The molecule has 2 heterocycles. The number of thioether (sulfide) groups is 1. The van der Waals surface area contributed by atoms with Crippen LogP contribution in [-0.2, 0) is 38.0 Å². The lowest BCUT2D eigenvalue weighted by Crippen LogP contribution is -2.36. The number of carbonyl (C=O) groups excluding carboxylic acids is 2. The second-order valence-corrected chi connectivity index (χ2v) is 10.6. The minimum Gasteiger partial charge on any atom is -0.378 e. The molecule has 13 nitrogen and oxygen atoms in total. The third-order valence-electron chi connectivity index (χ3n) is 6.14. The predicted molar refractivity (Wildman–Crippen MR) is 159 cm³/mol. The van der Waals surface area contributed by atoms with Crippen LogP contribution in [0, 0.1) is 0 Å². The van der Waals surface area contributed by atoms with Gasteiger partial charge in [-0.1, -0.05) is 6.42 Å². The Bertz CT molecular complexity index is 660. The SMILES string of the molecule is Cl.NCCOCCOCCOCCOCCOCCOCCOCCNC(=O)CCCC[C@@H]1SC[C@@H]2NC(=O)N[C@@H]21. The molecule has 242 valence electrons. The molecule has 5 N–H and O–H groups in total. The molecule has 0 bridgehead atoms. The van der Waals surface area contributed by atoms with E-state index in [1.807, 2.05) is 11.8 Å². The molecule has 2 aliphatic rings. The number of halogens is 1. The maximum Gasteiger partial charge on any atom is 0.315 e. The summed E-state index contributed by atoms with van der Waals surface area (Å²) in [6, 6.07) is 0.423. The van der Waals surface area contributed by atoms with E-state index in [2.05, 4.69) is 16.0 Å². The number of fused-ring (bicyclic) bond motifs is 1. The van der Waals surface area contributed by atoms with Crippen molar-refractivity contribution in [3.8, 4) is 0 Å². The molecule has 3 amide bonds. The summed E-state index contributed by atoms with van der Waals surface area (Å²) >= 11 is 1.90. The fourth-order valence-electron chi connectivity index (χ4n) is 4.13. The molecule has 2 rings (SSSR count). The van der Waals surface area contributed by atoms with Gasteiger partial charge < -0.3 is 54.8 Å². The van der Waals surface area contributed by atoms with Crippen molar-refractivity contribution in [1.29, 1.82) is 0 Å². The lowest BCUT2D eigenvalue weighted by Gasteiger charge is -2.16. The summed E-state index contributed by atoms with van der Waals surface area (Å²) in [6.45, 7) is 8.13. The third kappa shape index (κ3) is 19.8. The number of urea groups is 1. The third-order valence-corrected chi connectivity index (χ3v) is 7.65. The quantitative estimate of drug-likeness (QED) is 0.0696. The first-order valence-corrected chi connectivity index (χ1v) is 15.4. The standard InChI is InChI=1S/C26H50N4O9S.ClH/c27-5-7-33-9-11-35-13-15-37-17-19-39-20-18-38-16-14-36-12-10-34-8-6-28-24(31)4-2-1-3-23-25-22(21-40-23)29-26(32)30-25;/h22-23,25H,1-21,27H2,(H,28,31)(H2,29,30,32);1H/t22-,23-,25-;/m0./s1. The average molecular weight is 631 g/mol. The van der Waals surface area contributed by atoms with Crippen LogP contribution in [0.4, 0.5) is 4.79 Å². The Morgan fingerprint density at radius 1 is 0.756 bits per heavy atom. The van der Waals surface area contributed by atoms with Gasteiger partial charge in [0.15, 0.2) is 0 Å². The summed E-state index contributed by atoms with van der Waals surface area (Å²) < 4.78 is 37.8. The van der Waals surface area contributed by atoms with Gasteiger partial charge in [-0.05, 0) is 12.8 Å². The molecule has 2 saturated heterocycles. The van der Waals surface area contributed by atoms with E-state index in [1.54, 1.807) is 0 Å². The Morgan fingerprint density at radius 2 is 1.24 bits per heavy atom. The molecule has 0 unspecified atom stereocenters. The largest absolute Gasteiger partial charge is 0.378 e. The van der Waals surface area contributed by atoms with Crippen LogP contribution >= 0.6 is 24.2 Å². The first kappa shape index (κ1) is 38.1. The zero-order valence-corrected chi connectivity index (χ0v) is 25.8. The monoisotopic (exact) mass is 630 g/mol. The lowest BCUT2D eigenvalue weighted by molar-refractivity contribution is -0.121. The first-order chi connectivity index (χ1) is 19.7. The summed E-state index contributed by atoms with van der Waals surface area (Å²) in [5.74, 6) is 1.01. The van der Waals surface area contributed by atoms with Gasteiger partial charge in [0.25, 0.3) is 0 Å². The smallest absolute Gasteiger partial charge is 0.315 e. The highest BCUT2D eigenvalue weighted by Gasteiger charge is 2.42. The number of ether oxygens (including phenoxy) is 7. The first-order valence-electron chi connectivity index (χ1n) is 14.4. The van der Waals surface area contributed by atoms with Crippen LogP contribution in [-0.4, -0.2) is 141 Å². The Labute approximate surface area is 254 Å². The Morgan fingerprint density at radius 3 is 1.76 bits per heavy atom. The topological polar surface area (TPSA) is 161 Å². The van der Waals surface area contributed by atoms with Crippen molar-refractivity contribution in [3.05, 3.63) is 0 Å². The van der Waals surface area contributed by atoms with E-state index >= 15 is 0 Å². The zero-order chi connectivity index (χ0) is 28.5. The van der Waals surface area contributed by atoms with E-state index < -0.39 is 0 Å². The molecular formula is C26H51ClN4O9S. The Hall–Kier alpha value is -0.940. The van der Waals surface area contributed by atoms with Crippen molar-refractivity contribution in [3.63, 3.8) is 0 Å². The van der Waals surface area contributed by atoms with E-state index in [9.17, 15) is 9.59 Å². The Balaban J connectivity index is 0.00000840. The average Bonchev–Trinajstić information content (AvgIpc) is 3.50. The minimum absolute atomic E-state index is 0. The van der Waals surface area contributed by atoms with Crippen LogP contribution in [0.15, 0.2) is 0 Å². The van der Waals surface area contributed by atoms with Gasteiger partial charge in [0.1, 0.15) is 0 Å². The molecule has 0 aromatic rings. The molecule has 2 fully saturated rings. The maximum atomic E-state index is 12.0. The number of hydrogen-bond acceptors (Lipinski definition) is 11. The molecule has 0 aromatic heterocycles. The van der Waals surface area contributed by atoms with Crippen molar-refractivity contribution in [1.82, 2.24) is 16.0 Å². The van der Waals surface area contributed by atoms with Gasteiger partial charge in [0.2, 0.25) is 5.91 Å². The van der Waals surface area contributed by atoms with Crippen LogP contribution in [0.25, 0.3) is 0 Å².